The third kappa shape index (κ3) is 3.04. The van der Waals surface area contributed by atoms with Crippen molar-refractivity contribution in [3.05, 3.63) is 38.6 Å². The van der Waals surface area contributed by atoms with Crippen LogP contribution in [0.1, 0.15) is 29.2 Å². The molecule has 1 aliphatic heterocycles. The number of hydrogen-bond acceptors (Lipinski definition) is 6. The molecule has 11 heteroatoms. The predicted molar refractivity (Wildman–Crippen MR) is 110 cm³/mol. The van der Waals surface area contributed by atoms with Gasteiger partial charge in [0.25, 0.3) is 0 Å². The van der Waals surface area contributed by atoms with E-state index in [1.807, 2.05) is 0 Å². The van der Waals surface area contributed by atoms with Crippen LogP contribution in [0.2, 0.25) is 0 Å². The number of aromatic nitrogens is 4. The second kappa shape index (κ2) is 6.96. The first-order valence-corrected chi connectivity index (χ1v) is 10.3. The molecule has 4 heterocycles. The van der Waals surface area contributed by atoms with Crippen molar-refractivity contribution in [2.24, 2.45) is 0 Å². The van der Waals surface area contributed by atoms with Crippen LogP contribution in [0.15, 0.2) is 17.1 Å². The number of carboxylic acid groups (broad SMARTS) is 1. The van der Waals surface area contributed by atoms with E-state index < -0.39 is 17.2 Å². The third-order valence-corrected chi connectivity index (χ3v) is 6.27. The Labute approximate surface area is 175 Å². The van der Waals surface area contributed by atoms with Crippen LogP contribution < -0.4 is 5.43 Å². The smallest absolute Gasteiger partial charge is 0.341 e. The summed E-state index contributed by atoms with van der Waals surface area (Å²) < 4.78 is 20.0. The molecular weight excluding hydrogens is 411 g/mol. The van der Waals surface area contributed by atoms with E-state index in [1.54, 1.807) is 9.25 Å². The highest BCUT2D eigenvalue weighted by molar-refractivity contribution is 7.71. The Morgan fingerprint density at radius 3 is 2.63 bits per heavy atom. The fourth-order valence-electron chi connectivity index (χ4n) is 4.01. The molecule has 3 aromatic rings. The number of fused-ring (bicyclic) bond motifs is 3. The van der Waals surface area contributed by atoms with Gasteiger partial charge in [0.1, 0.15) is 11.2 Å². The van der Waals surface area contributed by atoms with Gasteiger partial charge in [-0.2, -0.15) is 0 Å². The van der Waals surface area contributed by atoms with Gasteiger partial charge >= 0.3 is 5.97 Å². The molecule has 1 saturated heterocycles. The van der Waals surface area contributed by atoms with E-state index in [0.717, 1.165) is 45.1 Å². The van der Waals surface area contributed by atoms with Crippen molar-refractivity contribution in [1.29, 1.82) is 0 Å². The molecule has 0 radical (unpaired) electrons. The van der Waals surface area contributed by atoms with Crippen molar-refractivity contribution >= 4 is 34.9 Å². The summed E-state index contributed by atoms with van der Waals surface area (Å²) in [5, 5.41) is 13.8. The molecule has 9 nitrogen and oxygen atoms in total. The molecule has 158 valence electrons. The number of pyridine rings is 2. The van der Waals surface area contributed by atoms with Gasteiger partial charge < -0.3 is 14.6 Å². The maximum Gasteiger partial charge on any atom is 0.341 e. The van der Waals surface area contributed by atoms with Crippen LogP contribution >= 0.6 is 12.2 Å². The Hall–Kier alpha value is -2.63. The van der Waals surface area contributed by atoms with Gasteiger partial charge in [0, 0.05) is 38.4 Å². The Morgan fingerprint density at radius 2 is 2.00 bits per heavy atom. The second-order valence-electron chi connectivity index (χ2n) is 8.05. The topological polar surface area (TPSA) is 88.0 Å². The zero-order valence-corrected chi connectivity index (χ0v) is 17.2. The van der Waals surface area contributed by atoms with Gasteiger partial charge in [0.15, 0.2) is 11.5 Å². The van der Waals surface area contributed by atoms with Crippen molar-refractivity contribution in [1.82, 2.24) is 28.5 Å². The Kier molecular flexibility index (Phi) is 4.49. The molecule has 5 rings (SSSR count). The van der Waals surface area contributed by atoms with Gasteiger partial charge in [-0.3, -0.25) is 9.69 Å². The molecule has 2 aliphatic rings. The fraction of sp³-hybridized carbons (Fsp3) is 0.474. The number of piperazine rings is 1. The molecule has 1 N–H and O–H groups in total. The zero-order valence-electron chi connectivity index (χ0n) is 16.4. The summed E-state index contributed by atoms with van der Waals surface area (Å²) >= 11 is 5.63. The lowest BCUT2D eigenvalue weighted by atomic mass is 10.2. The normalized spacial score (nSPS) is 18.5. The Balaban J connectivity index is 1.74. The second-order valence-corrected chi connectivity index (χ2v) is 8.41. The maximum atomic E-state index is 14.9. The molecule has 1 aliphatic carbocycles. The highest BCUT2D eigenvalue weighted by atomic mass is 32.1. The van der Waals surface area contributed by atoms with E-state index >= 15 is 0 Å². The molecule has 30 heavy (non-hydrogen) atoms. The lowest BCUT2D eigenvalue weighted by molar-refractivity contribution is 0.0695. The molecule has 0 unspecified atom stereocenters. The molecule has 0 atom stereocenters. The summed E-state index contributed by atoms with van der Waals surface area (Å²) in [4.78, 5) is 28.8. The number of rotatable bonds is 4. The zero-order chi connectivity index (χ0) is 21.2. The van der Waals surface area contributed by atoms with Crippen molar-refractivity contribution in [3.8, 4) is 0 Å². The molecule has 1 saturated carbocycles. The Morgan fingerprint density at radius 1 is 1.30 bits per heavy atom. The molecular formula is C19H21FN6O3S. The van der Waals surface area contributed by atoms with Crippen LogP contribution in [-0.4, -0.2) is 72.9 Å². The standard InChI is InChI=1S/C19H21FN6O3S/c1-22-4-6-23(7-5-22)10-25-19(30)26-16(21-25)14(20)8-12-15(27)13(18(28)29)9-24(17(12)26)11-2-3-11/h8-9,11H,2-7,10H2,1H3,(H,28,29). The average molecular weight is 432 g/mol. The minimum absolute atomic E-state index is 0.00190. The van der Waals surface area contributed by atoms with Crippen LogP contribution in [0.5, 0.6) is 0 Å². The highest BCUT2D eigenvalue weighted by Crippen LogP contribution is 2.37. The summed E-state index contributed by atoms with van der Waals surface area (Å²) in [6.45, 7) is 3.98. The van der Waals surface area contributed by atoms with Crippen molar-refractivity contribution < 1.29 is 14.3 Å². The largest absolute Gasteiger partial charge is 0.477 e. The molecule has 0 spiro atoms. The van der Waals surface area contributed by atoms with Crippen LogP contribution in [0.3, 0.4) is 0 Å². The van der Waals surface area contributed by atoms with Gasteiger partial charge in [0.05, 0.1) is 12.1 Å². The van der Waals surface area contributed by atoms with Crippen LogP contribution in [0.4, 0.5) is 4.39 Å². The van der Waals surface area contributed by atoms with Crippen LogP contribution in [0.25, 0.3) is 16.7 Å². The number of likely N-dealkylation sites (N-methyl/N-ethyl adjacent to an activating group) is 1. The van der Waals surface area contributed by atoms with E-state index in [1.165, 1.54) is 10.6 Å². The van der Waals surface area contributed by atoms with Crippen molar-refractivity contribution in [2.45, 2.75) is 25.6 Å². The van der Waals surface area contributed by atoms with Crippen molar-refractivity contribution in [3.63, 3.8) is 0 Å². The number of hydrogen-bond donors (Lipinski definition) is 1. The number of carbonyl (C=O) groups is 1. The summed E-state index contributed by atoms with van der Waals surface area (Å²) in [5.74, 6) is -2.03. The van der Waals surface area contributed by atoms with E-state index in [-0.39, 0.29) is 27.4 Å². The molecule has 0 amide bonds. The fourth-order valence-corrected chi connectivity index (χ4v) is 4.28. The van der Waals surface area contributed by atoms with E-state index in [4.69, 9.17) is 12.2 Å². The molecule has 3 aromatic heterocycles. The summed E-state index contributed by atoms with van der Waals surface area (Å²) in [5.41, 5.74) is -0.648. The van der Waals surface area contributed by atoms with Crippen LogP contribution in [-0.2, 0) is 6.67 Å². The average Bonchev–Trinajstić information content (AvgIpc) is 3.49. The molecule has 0 bridgehead atoms. The summed E-state index contributed by atoms with van der Waals surface area (Å²) in [7, 11) is 2.07. The first-order chi connectivity index (χ1) is 14.3. The van der Waals surface area contributed by atoms with Crippen LogP contribution in [0, 0.1) is 10.6 Å². The summed E-state index contributed by atoms with van der Waals surface area (Å²) in [6.07, 6.45) is 3.07. The lowest BCUT2D eigenvalue weighted by Crippen LogP contribution is -2.45. The first kappa shape index (κ1) is 19.3. The number of halogens is 1. The number of carboxylic acids is 1. The Bertz CT molecular complexity index is 1300. The van der Waals surface area contributed by atoms with Gasteiger partial charge in [-0.05, 0) is 38.2 Å². The van der Waals surface area contributed by atoms with E-state index in [2.05, 4.69) is 21.9 Å². The first-order valence-electron chi connectivity index (χ1n) is 9.86. The van der Waals surface area contributed by atoms with Gasteiger partial charge in [-0.1, -0.05) is 0 Å². The van der Waals surface area contributed by atoms with E-state index in [9.17, 15) is 19.1 Å². The third-order valence-electron chi connectivity index (χ3n) is 5.88. The maximum absolute atomic E-state index is 14.9. The SMILES string of the molecule is CN1CCN(Cn2nc3c(F)cc4c(=O)c(C(=O)O)cn(C5CC5)c4n3c2=S)CC1. The van der Waals surface area contributed by atoms with Gasteiger partial charge in [-0.25, -0.2) is 18.3 Å². The quantitative estimate of drug-likeness (QED) is 0.626. The van der Waals surface area contributed by atoms with Gasteiger partial charge in [-0.15, -0.1) is 5.10 Å². The number of nitrogens with zero attached hydrogens (tertiary/aromatic N) is 6. The predicted octanol–water partition coefficient (Wildman–Crippen LogP) is 1.56. The molecule has 2 fully saturated rings. The van der Waals surface area contributed by atoms with Gasteiger partial charge in [0.2, 0.25) is 10.2 Å². The summed E-state index contributed by atoms with van der Waals surface area (Å²) in [6, 6.07) is 1.14. The van der Waals surface area contributed by atoms with E-state index in [0.29, 0.717) is 12.3 Å². The molecule has 0 aromatic carbocycles. The number of aromatic carboxylic acids is 1. The highest BCUT2D eigenvalue weighted by Gasteiger charge is 2.29. The monoisotopic (exact) mass is 432 g/mol. The minimum atomic E-state index is -1.33. The van der Waals surface area contributed by atoms with Crippen molar-refractivity contribution in [2.75, 3.05) is 33.2 Å². The lowest BCUT2D eigenvalue weighted by Gasteiger charge is -2.31. The minimum Gasteiger partial charge on any atom is -0.477 e.